The molecule has 136 valence electrons. The van der Waals surface area contributed by atoms with E-state index in [-0.39, 0.29) is 11.2 Å². The topological polar surface area (TPSA) is 111 Å². The van der Waals surface area contributed by atoms with Crippen molar-refractivity contribution >= 4 is 11.6 Å². The Morgan fingerprint density at radius 3 is 2.56 bits per heavy atom. The number of hydrogen-bond acceptors (Lipinski definition) is 4. The van der Waals surface area contributed by atoms with Crippen LogP contribution in [0, 0.1) is 11.3 Å². The fourth-order valence-electron chi connectivity index (χ4n) is 3.82. The van der Waals surface area contributed by atoms with Crippen LogP contribution in [-0.2, 0) is 0 Å². The van der Waals surface area contributed by atoms with Crippen LogP contribution in [0.1, 0.15) is 59.6 Å². The molecule has 1 aliphatic rings. The molecule has 1 aliphatic carbocycles. The predicted octanol–water partition coefficient (Wildman–Crippen LogP) is 3.31. The molecular weight excluding hydrogens is 344 g/mol. The van der Waals surface area contributed by atoms with Crippen LogP contribution >= 0.6 is 0 Å². The van der Waals surface area contributed by atoms with E-state index in [0.29, 0.717) is 11.6 Å². The van der Waals surface area contributed by atoms with Gasteiger partial charge in [0.15, 0.2) is 11.3 Å². The molecule has 1 fully saturated rings. The molecule has 0 saturated heterocycles. The number of aromatic nitrogens is 3. The number of carbonyl (C=O) groups is 1. The van der Waals surface area contributed by atoms with Crippen molar-refractivity contribution in [3.05, 3.63) is 57.5 Å². The smallest absolute Gasteiger partial charge is 0.357 e. The van der Waals surface area contributed by atoms with E-state index in [1.807, 2.05) is 18.2 Å². The van der Waals surface area contributed by atoms with Crippen molar-refractivity contribution < 1.29 is 9.90 Å². The second-order valence-corrected chi connectivity index (χ2v) is 6.88. The van der Waals surface area contributed by atoms with Crippen molar-refractivity contribution in [2.75, 3.05) is 0 Å². The van der Waals surface area contributed by atoms with Crippen molar-refractivity contribution in [1.82, 2.24) is 14.6 Å². The van der Waals surface area contributed by atoms with Crippen molar-refractivity contribution in [3.8, 4) is 17.3 Å². The first kappa shape index (κ1) is 17.0. The van der Waals surface area contributed by atoms with E-state index in [0.717, 1.165) is 10.1 Å². The molecule has 0 spiro atoms. The van der Waals surface area contributed by atoms with Crippen LogP contribution in [0.5, 0.6) is 0 Å². The molecule has 2 N–H and O–H groups in total. The number of carboxylic acids is 1. The number of H-pyrrole nitrogens is 1. The molecule has 0 radical (unpaired) electrons. The van der Waals surface area contributed by atoms with E-state index in [2.05, 4.69) is 22.2 Å². The largest absolute Gasteiger partial charge is 0.476 e. The molecule has 2 aromatic heterocycles. The number of carboxylic acid groups (broad SMARTS) is 1. The molecule has 0 aliphatic heterocycles. The molecule has 2 heterocycles. The van der Waals surface area contributed by atoms with Gasteiger partial charge < -0.3 is 10.1 Å². The third-order valence-electron chi connectivity index (χ3n) is 5.23. The maximum Gasteiger partial charge on any atom is 0.357 e. The molecule has 0 amide bonds. The molecule has 0 unspecified atom stereocenters. The first-order valence-electron chi connectivity index (χ1n) is 8.98. The molecule has 0 bridgehead atoms. The predicted molar refractivity (Wildman–Crippen MR) is 98.7 cm³/mol. The van der Waals surface area contributed by atoms with Gasteiger partial charge in [0.25, 0.3) is 5.56 Å². The lowest BCUT2D eigenvalue weighted by molar-refractivity contribution is 0.0689. The van der Waals surface area contributed by atoms with Gasteiger partial charge >= 0.3 is 5.97 Å². The van der Waals surface area contributed by atoms with Crippen LogP contribution < -0.4 is 5.56 Å². The molecule has 1 saturated carbocycles. The summed E-state index contributed by atoms with van der Waals surface area (Å²) in [7, 11) is 0. The number of rotatable bonds is 3. The zero-order chi connectivity index (χ0) is 19.0. The third-order valence-corrected chi connectivity index (χ3v) is 5.23. The lowest BCUT2D eigenvalue weighted by Gasteiger charge is -2.22. The summed E-state index contributed by atoms with van der Waals surface area (Å²) in [5, 5.41) is 22.2. The number of nitrogens with zero attached hydrogens (tertiary/aromatic N) is 3. The van der Waals surface area contributed by atoms with Crippen molar-refractivity contribution in [3.63, 3.8) is 0 Å². The van der Waals surface area contributed by atoms with E-state index >= 15 is 0 Å². The highest BCUT2D eigenvalue weighted by Gasteiger charge is 2.21. The Labute approximate surface area is 154 Å². The minimum absolute atomic E-state index is 0.0914. The molecule has 0 atom stereocenters. The number of fused-ring (bicyclic) bond motifs is 1. The maximum atomic E-state index is 12.4. The number of aromatic carboxylic acids is 1. The summed E-state index contributed by atoms with van der Waals surface area (Å²) in [6.07, 6.45) is 6.25. The Morgan fingerprint density at radius 1 is 1.22 bits per heavy atom. The monoisotopic (exact) mass is 362 g/mol. The SMILES string of the molecule is N#Cc1c(C(=O)O)nn2c(=O)cc(-c3ccc(C4CCCCC4)cc3)[nH]c12. The fraction of sp³-hybridized carbons (Fsp3) is 0.300. The van der Waals surface area contributed by atoms with Gasteiger partial charge in [-0.2, -0.15) is 14.9 Å². The minimum atomic E-state index is -1.35. The number of aromatic amines is 1. The van der Waals surface area contributed by atoms with E-state index in [9.17, 15) is 20.0 Å². The summed E-state index contributed by atoms with van der Waals surface area (Å²) >= 11 is 0. The van der Waals surface area contributed by atoms with Crippen LogP contribution in [-0.4, -0.2) is 25.7 Å². The molecule has 4 rings (SSSR count). The first-order valence-corrected chi connectivity index (χ1v) is 8.98. The molecule has 27 heavy (non-hydrogen) atoms. The summed E-state index contributed by atoms with van der Waals surface area (Å²) in [6.45, 7) is 0. The average molecular weight is 362 g/mol. The van der Waals surface area contributed by atoms with Gasteiger partial charge in [0.05, 0.1) is 5.69 Å². The van der Waals surface area contributed by atoms with Gasteiger partial charge in [-0.15, -0.1) is 0 Å². The van der Waals surface area contributed by atoms with Crippen LogP contribution in [0.3, 0.4) is 0 Å². The van der Waals surface area contributed by atoms with Gasteiger partial charge in [-0.3, -0.25) is 4.79 Å². The molecule has 1 aromatic carbocycles. The minimum Gasteiger partial charge on any atom is -0.476 e. The van der Waals surface area contributed by atoms with E-state index in [1.165, 1.54) is 43.7 Å². The van der Waals surface area contributed by atoms with Crippen molar-refractivity contribution in [1.29, 1.82) is 5.26 Å². The van der Waals surface area contributed by atoms with Gasteiger partial charge in [-0.25, -0.2) is 4.79 Å². The van der Waals surface area contributed by atoms with Gasteiger partial charge in [0.2, 0.25) is 0 Å². The standard InChI is InChI=1S/C20H18N4O3/c21-11-15-18(20(26)27)23-24-17(25)10-16(22-19(15)24)14-8-6-13(7-9-14)12-4-2-1-3-5-12/h6-10,12,22H,1-5H2,(H,26,27). The summed E-state index contributed by atoms with van der Waals surface area (Å²) < 4.78 is 0.919. The van der Waals surface area contributed by atoms with Gasteiger partial charge in [-0.1, -0.05) is 43.5 Å². The number of nitrogens with one attached hydrogen (secondary N) is 1. The molecular formula is C20H18N4O3. The average Bonchev–Trinajstić information content (AvgIpc) is 3.08. The Bertz CT molecular complexity index is 1110. The summed E-state index contributed by atoms with van der Waals surface area (Å²) in [4.78, 5) is 26.6. The normalized spacial score (nSPS) is 14.9. The van der Waals surface area contributed by atoms with Crippen LogP contribution in [0.2, 0.25) is 0 Å². The first-order chi connectivity index (χ1) is 13.1. The zero-order valence-corrected chi connectivity index (χ0v) is 14.6. The third kappa shape index (κ3) is 2.99. The summed E-state index contributed by atoms with van der Waals surface area (Å²) in [5.74, 6) is -0.756. The van der Waals surface area contributed by atoms with Gasteiger partial charge in [0, 0.05) is 6.07 Å². The molecule has 3 aromatic rings. The Hall–Kier alpha value is -3.40. The second-order valence-electron chi connectivity index (χ2n) is 6.88. The Morgan fingerprint density at radius 2 is 1.93 bits per heavy atom. The molecule has 7 nitrogen and oxygen atoms in total. The van der Waals surface area contributed by atoms with Crippen LogP contribution in [0.4, 0.5) is 0 Å². The highest BCUT2D eigenvalue weighted by atomic mass is 16.4. The number of hydrogen-bond donors (Lipinski definition) is 2. The fourth-order valence-corrected chi connectivity index (χ4v) is 3.82. The van der Waals surface area contributed by atoms with Crippen molar-refractivity contribution in [2.45, 2.75) is 38.0 Å². The van der Waals surface area contributed by atoms with Crippen LogP contribution in [0.25, 0.3) is 16.9 Å². The second kappa shape index (κ2) is 6.72. The maximum absolute atomic E-state index is 12.4. The van der Waals surface area contributed by atoms with E-state index in [4.69, 9.17) is 0 Å². The molecule has 7 heteroatoms. The lowest BCUT2D eigenvalue weighted by Crippen LogP contribution is -2.15. The summed E-state index contributed by atoms with van der Waals surface area (Å²) in [5.41, 5.74) is 1.65. The Kier molecular flexibility index (Phi) is 4.24. The highest BCUT2D eigenvalue weighted by Crippen LogP contribution is 2.33. The van der Waals surface area contributed by atoms with E-state index in [1.54, 1.807) is 0 Å². The quantitative estimate of drug-likeness (QED) is 0.742. The van der Waals surface area contributed by atoms with E-state index < -0.39 is 17.2 Å². The lowest BCUT2D eigenvalue weighted by atomic mass is 9.84. The van der Waals surface area contributed by atoms with Crippen molar-refractivity contribution in [2.24, 2.45) is 0 Å². The number of benzene rings is 1. The van der Waals surface area contributed by atoms with Crippen LogP contribution in [0.15, 0.2) is 35.1 Å². The number of nitriles is 1. The summed E-state index contributed by atoms with van der Waals surface area (Å²) in [6, 6.07) is 11.3. The Balaban J connectivity index is 1.76. The highest BCUT2D eigenvalue weighted by molar-refractivity contribution is 5.91. The zero-order valence-electron chi connectivity index (χ0n) is 14.6. The van der Waals surface area contributed by atoms with Gasteiger partial charge in [-0.05, 0) is 29.9 Å². The van der Waals surface area contributed by atoms with Gasteiger partial charge in [0.1, 0.15) is 11.6 Å².